The summed E-state index contributed by atoms with van der Waals surface area (Å²) >= 11 is 10.8. The van der Waals surface area contributed by atoms with E-state index in [0.717, 1.165) is 12.1 Å². The minimum absolute atomic E-state index is 0.0641. The first-order chi connectivity index (χ1) is 8.65. The predicted octanol–water partition coefficient (Wildman–Crippen LogP) is 3.81. The van der Waals surface area contributed by atoms with Gasteiger partial charge in [0, 0.05) is 11.4 Å². The molecule has 2 N–H and O–H groups in total. The van der Waals surface area contributed by atoms with Crippen molar-refractivity contribution >= 4 is 34.6 Å². The third kappa shape index (κ3) is 3.55. The number of hydrogen-bond donors (Lipinski definition) is 2. The molecule has 0 spiro atoms. The zero-order valence-electron chi connectivity index (χ0n) is 9.41. The molecule has 0 amide bonds. The van der Waals surface area contributed by atoms with E-state index in [9.17, 15) is 4.39 Å². The van der Waals surface area contributed by atoms with Crippen LogP contribution in [0.3, 0.4) is 0 Å². The molecule has 0 aliphatic heterocycles. The van der Waals surface area contributed by atoms with E-state index in [0.29, 0.717) is 10.8 Å². The molecule has 1 aromatic carbocycles. The summed E-state index contributed by atoms with van der Waals surface area (Å²) in [6, 6.07) is 4.36. The summed E-state index contributed by atoms with van der Waals surface area (Å²) in [6.45, 7) is 0. The van der Waals surface area contributed by atoms with Crippen LogP contribution in [-0.2, 0) is 0 Å². The summed E-state index contributed by atoms with van der Waals surface area (Å²) in [5, 5.41) is 6.49. The SMILES string of the molecule is Fc1ccc(NC(=S)NC2=CC[CH]C=C2)cc1Cl. The van der Waals surface area contributed by atoms with Crippen LogP contribution >= 0.6 is 23.8 Å². The number of thiocarbonyl (C=S) groups is 1. The number of rotatable bonds is 2. The lowest BCUT2D eigenvalue weighted by atomic mass is 10.1. The molecule has 0 saturated carbocycles. The van der Waals surface area contributed by atoms with Crippen LogP contribution < -0.4 is 10.6 Å². The Morgan fingerprint density at radius 3 is 2.83 bits per heavy atom. The monoisotopic (exact) mass is 281 g/mol. The summed E-state index contributed by atoms with van der Waals surface area (Å²) in [5.41, 5.74) is 1.58. The Morgan fingerprint density at radius 2 is 2.17 bits per heavy atom. The van der Waals surface area contributed by atoms with Crippen molar-refractivity contribution in [3.8, 4) is 0 Å². The van der Waals surface area contributed by atoms with E-state index in [1.807, 2.05) is 24.6 Å². The molecule has 0 atom stereocenters. The van der Waals surface area contributed by atoms with Crippen molar-refractivity contribution in [3.05, 3.63) is 59.4 Å². The van der Waals surface area contributed by atoms with Crippen LogP contribution in [0.2, 0.25) is 5.02 Å². The molecule has 18 heavy (non-hydrogen) atoms. The standard InChI is InChI=1S/C13H11ClFN2S/c14-11-8-10(6-7-12(11)15)17-13(18)16-9-4-2-1-3-5-9/h1-2,4-8H,3H2,(H2,16,17,18). The normalized spacial score (nSPS) is 14.0. The number of hydrogen-bond acceptors (Lipinski definition) is 1. The zero-order chi connectivity index (χ0) is 13.0. The van der Waals surface area contributed by atoms with Crippen molar-refractivity contribution in [3.63, 3.8) is 0 Å². The van der Waals surface area contributed by atoms with Crippen LogP contribution in [0, 0.1) is 12.2 Å². The van der Waals surface area contributed by atoms with Gasteiger partial charge >= 0.3 is 0 Å². The number of anilines is 1. The van der Waals surface area contributed by atoms with Crippen LogP contribution in [0.15, 0.2) is 42.1 Å². The van der Waals surface area contributed by atoms with Crippen LogP contribution in [0.5, 0.6) is 0 Å². The van der Waals surface area contributed by atoms with Crippen molar-refractivity contribution in [2.75, 3.05) is 5.32 Å². The van der Waals surface area contributed by atoms with Gasteiger partial charge in [-0.2, -0.15) is 0 Å². The first-order valence-corrected chi connectivity index (χ1v) is 6.17. The summed E-state index contributed by atoms with van der Waals surface area (Å²) in [7, 11) is 0. The molecule has 0 aromatic heterocycles. The highest BCUT2D eigenvalue weighted by Crippen LogP contribution is 2.19. The fraction of sp³-hybridized carbons (Fsp3) is 0.0769. The van der Waals surface area contributed by atoms with Crippen molar-refractivity contribution in [1.82, 2.24) is 5.32 Å². The van der Waals surface area contributed by atoms with Crippen LogP contribution in [0.25, 0.3) is 0 Å². The second-order valence-electron chi connectivity index (χ2n) is 3.70. The van der Waals surface area contributed by atoms with E-state index in [1.54, 1.807) is 6.07 Å². The maximum atomic E-state index is 13.0. The number of benzene rings is 1. The average molecular weight is 282 g/mol. The fourth-order valence-electron chi connectivity index (χ4n) is 1.47. The lowest BCUT2D eigenvalue weighted by Crippen LogP contribution is -2.27. The highest BCUT2D eigenvalue weighted by atomic mass is 35.5. The third-order valence-electron chi connectivity index (χ3n) is 2.32. The van der Waals surface area contributed by atoms with Crippen molar-refractivity contribution in [1.29, 1.82) is 0 Å². The lowest BCUT2D eigenvalue weighted by molar-refractivity contribution is 0.628. The van der Waals surface area contributed by atoms with Gasteiger partial charge < -0.3 is 10.6 Å². The molecule has 2 nitrogen and oxygen atoms in total. The fourth-order valence-corrected chi connectivity index (χ4v) is 1.89. The van der Waals surface area contributed by atoms with E-state index in [-0.39, 0.29) is 5.02 Å². The smallest absolute Gasteiger partial charge is 0.175 e. The quantitative estimate of drug-likeness (QED) is 0.806. The summed E-state index contributed by atoms with van der Waals surface area (Å²) < 4.78 is 13.0. The van der Waals surface area contributed by atoms with Gasteiger partial charge in [0.15, 0.2) is 5.11 Å². The molecule has 1 aliphatic rings. The molecule has 5 heteroatoms. The molecule has 0 saturated heterocycles. The van der Waals surface area contributed by atoms with Crippen LogP contribution in [0.4, 0.5) is 10.1 Å². The third-order valence-corrected chi connectivity index (χ3v) is 2.81. The largest absolute Gasteiger partial charge is 0.333 e. The van der Waals surface area contributed by atoms with Crippen LogP contribution in [-0.4, -0.2) is 5.11 Å². The molecule has 1 aromatic rings. The van der Waals surface area contributed by atoms with Gasteiger partial charge in [-0.1, -0.05) is 23.8 Å². The Morgan fingerprint density at radius 1 is 1.33 bits per heavy atom. The molecule has 1 aliphatic carbocycles. The summed E-state index contributed by atoms with van der Waals surface area (Å²) in [4.78, 5) is 0. The highest BCUT2D eigenvalue weighted by molar-refractivity contribution is 7.80. The van der Waals surface area contributed by atoms with Gasteiger partial charge in [-0.25, -0.2) is 4.39 Å². The summed E-state index contributed by atoms with van der Waals surface area (Å²) in [6.07, 6.45) is 8.83. The molecule has 2 rings (SSSR count). The van der Waals surface area contributed by atoms with E-state index in [4.69, 9.17) is 23.8 Å². The Kier molecular flexibility index (Phi) is 4.33. The maximum Gasteiger partial charge on any atom is 0.175 e. The summed E-state index contributed by atoms with van der Waals surface area (Å²) in [5.74, 6) is -0.449. The number of allylic oxidation sites excluding steroid dienone is 3. The van der Waals surface area contributed by atoms with Gasteiger partial charge in [-0.05, 0) is 49.3 Å². The van der Waals surface area contributed by atoms with Gasteiger partial charge in [-0.15, -0.1) is 0 Å². The van der Waals surface area contributed by atoms with Gasteiger partial charge in [0.2, 0.25) is 0 Å². The first kappa shape index (κ1) is 13.1. The van der Waals surface area contributed by atoms with Crippen molar-refractivity contribution in [2.45, 2.75) is 6.42 Å². The Bertz CT molecular complexity index is 526. The molecular weight excluding hydrogens is 271 g/mol. The van der Waals surface area contributed by atoms with Crippen molar-refractivity contribution < 1.29 is 4.39 Å². The molecule has 0 fully saturated rings. The van der Waals surface area contributed by atoms with Gasteiger partial charge in [0.25, 0.3) is 0 Å². The molecule has 0 bridgehead atoms. The van der Waals surface area contributed by atoms with E-state index in [1.165, 1.54) is 12.1 Å². The Balaban J connectivity index is 1.96. The Labute approximate surface area is 116 Å². The first-order valence-electron chi connectivity index (χ1n) is 5.38. The molecule has 1 radical (unpaired) electrons. The van der Waals surface area contributed by atoms with E-state index < -0.39 is 5.82 Å². The topological polar surface area (TPSA) is 24.1 Å². The maximum absolute atomic E-state index is 13.0. The van der Waals surface area contributed by atoms with E-state index in [2.05, 4.69) is 10.6 Å². The van der Waals surface area contributed by atoms with Gasteiger partial charge in [-0.3, -0.25) is 0 Å². The molecule has 0 unspecified atom stereocenters. The van der Waals surface area contributed by atoms with Crippen LogP contribution in [0.1, 0.15) is 6.42 Å². The predicted molar refractivity (Wildman–Crippen MR) is 76.9 cm³/mol. The minimum atomic E-state index is -0.449. The lowest BCUT2D eigenvalue weighted by Gasteiger charge is -2.13. The Hall–Kier alpha value is -1.39. The number of nitrogens with one attached hydrogen (secondary N) is 2. The zero-order valence-corrected chi connectivity index (χ0v) is 11.0. The molecular formula is C13H11ClFN2S. The second-order valence-corrected chi connectivity index (χ2v) is 4.51. The van der Waals surface area contributed by atoms with Gasteiger partial charge in [0.1, 0.15) is 5.82 Å². The molecule has 0 heterocycles. The van der Waals surface area contributed by atoms with Gasteiger partial charge in [0.05, 0.1) is 5.02 Å². The van der Waals surface area contributed by atoms with E-state index >= 15 is 0 Å². The second kappa shape index (κ2) is 5.98. The average Bonchev–Trinajstić information content (AvgIpc) is 2.35. The van der Waals surface area contributed by atoms with Crippen molar-refractivity contribution in [2.24, 2.45) is 0 Å². The molecule has 93 valence electrons. The highest BCUT2D eigenvalue weighted by Gasteiger charge is 2.04. The minimum Gasteiger partial charge on any atom is -0.333 e. The number of halogens is 2.